The lowest BCUT2D eigenvalue weighted by molar-refractivity contribution is 0.0624. The summed E-state index contributed by atoms with van der Waals surface area (Å²) in [6, 6.07) is 5.00. The van der Waals surface area contributed by atoms with Crippen LogP contribution in [0.1, 0.15) is 30.6 Å². The van der Waals surface area contributed by atoms with Crippen LogP contribution in [0, 0.1) is 0 Å². The molecule has 1 N–H and O–H groups in total. The van der Waals surface area contributed by atoms with E-state index in [9.17, 15) is 0 Å². The summed E-state index contributed by atoms with van der Waals surface area (Å²) in [4.78, 5) is 1.43. The number of hydrogen-bond donors (Lipinski definition) is 1. The molecule has 0 bridgehead atoms. The van der Waals surface area contributed by atoms with E-state index in [2.05, 4.69) is 22.8 Å². The third-order valence-electron chi connectivity index (χ3n) is 3.15. The molecule has 0 unspecified atom stereocenters. The average molecular weight is 225 g/mol. The molecule has 0 aromatic carbocycles. The van der Waals surface area contributed by atoms with E-state index in [1.54, 1.807) is 0 Å². The molecule has 1 aromatic rings. The van der Waals surface area contributed by atoms with Crippen LogP contribution in [-0.4, -0.2) is 19.3 Å². The molecule has 0 saturated heterocycles. The highest BCUT2D eigenvalue weighted by Gasteiger charge is 2.20. The third-order valence-corrected chi connectivity index (χ3v) is 4.03. The van der Waals surface area contributed by atoms with Gasteiger partial charge in [0.2, 0.25) is 0 Å². The summed E-state index contributed by atoms with van der Waals surface area (Å²) in [5.74, 6) is 0. The number of methoxy groups -OCH3 is 1. The molecule has 1 saturated carbocycles. The standard InChI is InChI=1S/C12H19NOS/c1-14-11-6-4-10(5-7-11)13-9-12-3-2-8-15-12/h2-3,8,10-11,13H,4-7,9H2,1H3. The minimum Gasteiger partial charge on any atom is -0.381 e. The maximum atomic E-state index is 5.36. The molecule has 1 heterocycles. The van der Waals surface area contributed by atoms with Crippen LogP contribution in [0.15, 0.2) is 17.5 Å². The first-order chi connectivity index (χ1) is 7.38. The van der Waals surface area contributed by atoms with Gasteiger partial charge >= 0.3 is 0 Å². The molecule has 1 aromatic heterocycles. The van der Waals surface area contributed by atoms with Crippen molar-refractivity contribution in [3.63, 3.8) is 0 Å². The minimum absolute atomic E-state index is 0.504. The number of thiophene rings is 1. The molecule has 0 amide bonds. The van der Waals surface area contributed by atoms with Crippen LogP contribution in [0.3, 0.4) is 0 Å². The highest BCUT2D eigenvalue weighted by molar-refractivity contribution is 7.09. The van der Waals surface area contributed by atoms with Crippen molar-refractivity contribution in [1.82, 2.24) is 5.32 Å². The van der Waals surface area contributed by atoms with Crippen molar-refractivity contribution in [3.8, 4) is 0 Å². The molecule has 2 rings (SSSR count). The first-order valence-corrected chi connectivity index (χ1v) is 6.55. The van der Waals surface area contributed by atoms with E-state index in [1.807, 2.05) is 18.4 Å². The van der Waals surface area contributed by atoms with E-state index in [0.717, 1.165) is 6.54 Å². The number of ether oxygens (including phenoxy) is 1. The topological polar surface area (TPSA) is 21.3 Å². The monoisotopic (exact) mass is 225 g/mol. The van der Waals surface area contributed by atoms with Crippen LogP contribution < -0.4 is 5.32 Å². The fraction of sp³-hybridized carbons (Fsp3) is 0.667. The third kappa shape index (κ3) is 3.30. The molecule has 15 heavy (non-hydrogen) atoms. The highest BCUT2D eigenvalue weighted by atomic mass is 32.1. The summed E-state index contributed by atoms with van der Waals surface area (Å²) >= 11 is 1.83. The predicted octanol–water partition coefficient (Wildman–Crippen LogP) is 2.80. The fourth-order valence-corrected chi connectivity index (χ4v) is 2.82. The Morgan fingerprint density at radius 2 is 2.20 bits per heavy atom. The Morgan fingerprint density at radius 1 is 1.40 bits per heavy atom. The number of hydrogen-bond acceptors (Lipinski definition) is 3. The van der Waals surface area contributed by atoms with Gasteiger partial charge in [0.05, 0.1) is 6.10 Å². The van der Waals surface area contributed by atoms with Crippen LogP contribution in [0.4, 0.5) is 0 Å². The number of rotatable bonds is 4. The van der Waals surface area contributed by atoms with E-state index in [0.29, 0.717) is 12.1 Å². The Labute approximate surface area is 95.6 Å². The molecule has 0 atom stereocenters. The lowest BCUT2D eigenvalue weighted by atomic mass is 9.93. The van der Waals surface area contributed by atoms with Crippen molar-refractivity contribution in [2.75, 3.05) is 7.11 Å². The van der Waals surface area contributed by atoms with Gasteiger partial charge in [0, 0.05) is 24.6 Å². The van der Waals surface area contributed by atoms with E-state index >= 15 is 0 Å². The van der Waals surface area contributed by atoms with Crippen molar-refractivity contribution >= 4 is 11.3 Å². The van der Waals surface area contributed by atoms with Gasteiger partial charge in [-0.3, -0.25) is 0 Å². The number of nitrogens with one attached hydrogen (secondary N) is 1. The smallest absolute Gasteiger partial charge is 0.0572 e. The van der Waals surface area contributed by atoms with Gasteiger partial charge in [0.15, 0.2) is 0 Å². The van der Waals surface area contributed by atoms with Gasteiger partial charge in [-0.25, -0.2) is 0 Å². The van der Waals surface area contributed by atoms with E-state index in [-0.39, 0.29) is 0 Å². The van der Waals surface area contributed by atoms with Crippen LogP contribution in [0.2, 0.25) is 0 Å². The van der Waals surface area contributed by atoms with Gasteiger partial charge < -0.3 is 10.1 Å². The van der Waals surface area contributed by atoms with Crippen LogP contribution in [0.5, 0.6) is 0 Å². The maximum absolute atomic E-state index is 5.36. The molecule has 1 aliphatic carbocycles. The van der Waals surface area contributed by atoms with Gasteiger partial charge in [-0.1, -0.05) is 6.07 Å². The minimum atomic E-state index is 0.504. The fourth-order valence-electron chi connectivity index (χ4n) is 2.16. The van der Waals surface area contributed by atoms with Gasteiger partial charge in [-0.2, -0.15) is 0 Å². The molecule has 0 radical (unpaired) electrons. The summed E-state index contributed by atoms with van der Waals surface area (Å²) in [5.41, 5.74) is 0. The normalized spacial score (nSPS) is 26.7. The highest BCUT2D eigenvalue weighted by Crippen LogP contribution is 2.21. The molecule has 0 spiro atoms. The molecular weight excluding hydrogens is 206 g/mol. The largest absolute Gasteiger partial charge is 0.381 e. The van der Waals surface area contributed by atoms with Gasteiger partial charge in [0.1, 0.15) is 0 Å². The van der Waals surface area contributed by atoms with E-state index < -0.39 is 0 Å². The molecule has 1 aliphatic rings. The molecule has 2 nitrogen and oxygen atoms in total. The Kier molecular flexibility index (Phi) is 4.18. The van der Waals surface area contributed by atoms with Crippen molar-refractivity contribution in [2.45, 2.75) is 44.4 Å². The summed E-state index contributed by atoms with van der Waals surface area (Å²) in [5, 5.41) is 5.76. The SMILES string of the molecule is COC1CCC(NCc2cccs2)CC1. The molecule has 1 fully saturated rings. The van der Waals surface area contributed by atoms with Crippen LogP contribution in [-0.2, 0) is 11.3 Å². The zero-order chi connectivity index (χ0) is 10.5. The van der Waals surface area contributed by atoms with E-state index in [4.69, 9.17) is 4.74 Å². The predicted molar refractivity (Wildman–Crippen MR) is 64.2 cm³/mol. The Morgan fingerprint density at radius 3 is 2.80 bits per heavy atom. The summed E-state index contributed by atoms with van der Waals surface area (Å²) in [6.07, 6.45) is 5.43. The quantitative estimate of drug-likeness (QED) is 0.851. The molecule has 0 aliphatic heterocycles. The van der Waals surface area contributed by atoms with Crippen molar-refractivity contribution in [3.05, 3.63) is 22.4 Å². The van der Waals surface area contributed by atoms with Crippen molar-refractivity contribution in [1.29, 1.82) is 0 Å². The zero-order valence-electron chi connectivity index (χ0n) is 9.24. The van der Waals surface area contributed by atoms with Crippen LogP contribution in [0.25, 0.3) is 0 Å². The average Bonchev–Trinajstić information content (AvgIpc) is 2.80. The van der Waals surface area contributed by atoms with Gasteiger partial charge in [-0.15, -0.1) is 11.3 Å². The van der Waals surface area contributed by atoms with E-state index in [1.165, 1.54) is 30.6 Å². The second-order valence-corrected chi connectivity index (χ2v) is 5.20. The van der Waals surface area contributed by atoms with Crippen LogP contribution >= 0.6 is 11.3 Å². The summed E-state index contributed by atoms with van der Waals surface area (Å²) in [6.45, 7) is 1.03. The first-order valence-electron chi connectivity index (χ1n) is 5.67. The second kappa shape index (κ2) is 5.64. The van der Waals surface area contributed by atoms with Gasteiger partial charge in [0.25, 0.3) is 0 Å². The zero-order valence-corrected chi connectivity index (χ0v) is 10.1. The second-order valence-electron chi connectivity index (χ2n) is 4.17. The van der Waals surface area contributed by atoms with Crippen molar-refractivity contribution < 1.29 is 4.74 Å². The van der Waals surface area contributed by atoms with Gasteiger partial charge in [-0.05, 0) is 37.1 Å². The lowest BCUT2D eigenvalue weighted by Gasteiger charge is -2.28. The molecular formula is C12H19NOS. The Hall–Kier alpha value is -0.380. The summed E-state index contributed by atoms with van der Waals surface area (Å²) < 4.78 is 5.36. The first kappa shape index (κ1) is 11.1. The molecule has 3 heteroatoms. The Balaban J connectivity index is 1.69. The Bertz CT molecular complexity index is 265. The molecule has 84 valence electrons. The van der Waals surface area contributed by atoms with Crippen molar-refractivity contribution in [2.24, 2.45) is 0 Å². The lowest BCUT2D eigenvalue weighted by Crippen LogP contribution is -2.34. The summed E-state index contributed by atoms with van der Waals surface area (Å²) in [7, 11) is 1.82. The maximum Gasteiger partial charge on any atom is 0.0572 e.